The van der Waals surface area contributed by atoms with Crippen LogP contribution in [0.5, 0.6) is 0 Å². The fourth-order valence-corrected chi connectivity index (χ4v) is 4.81. The van der Waals surface area contributed by atoms with E-state index in [2.05, 4.69) is 25.7 Å². The van der Waals surface area contributed by atoms with Crippen molar-refractivity contribution in [2.45, 2.75) is 77.7 Å². The Morgan fingerprint density at radius 2 is 1.77 bits per heavy atom. The van der Waals surface area contributed by atoms with Gasteiger partial charge in [-0.15, -0.1) is 10.2 Å². The van der Waals surface area contributed by atoms with E-state index in [4.69, 9.17) is 4.42 Å². The predicted molar refractivity (Wildman–Crippen MR) is 138 cm³/mol. The molecule has 218 valence electrons. The summed E-state index contributed by atoms with van der Waals surface area (Å²) in [5.41, 5.74) is -1.52. The summed E-state index contributed by atoms with van der Waals surface area (Å²) >= 11 is 0. The second-order valence-corrected chi connectivity index (χ2v) is 10.1. The number of nitrogens with one attached hydrogen (secondary N) is 2. The van der Waals surface area contributed by atoms with E-state index in [1.807, 2.05) is 13.8 Å². The molecule has 0 bridgehead atoms. The number of aliphatic hydroxyl groups is 1. The van der Waals surface area contributed by atoms with Gasteiger partial charge in [0.2, 0.25) is 11.8 Å². The topological polar surface area (TPSA) is 157 Å². The number of hydrogen-bond donors (Lipinski definition) is 4. The highest BCUT2D eigenvalue weighted by molar-refractivity contribution is 5.94. The zero-order valence-electron chi connectivity index (χ0n) is 22.6. The van der Waals surface area contributed by atoms with Gasteiger partial charge in [-0.1, -0.05) is 40.5 Å². The molecule has 11 nitrogen and oxygen atoms in total. The highest BCUT2D eigenvalue weighted by atomic mass is 19.4. The van der Waals surface area contributed by atoms with Crippen molar-refractivity contribution in [1.82, 2.24) is 25.3 Å². The van der Waals surface area contributed by atoms with Gasteiger partial charge < -0.3 is 19.9 Å². The van der Waals surface area contributed by atoms with E-state index in [1.54, 1.807) is 13.8 Å². The molecule has 0 radical (unpaired) electrons. The van der Waals surface area contributed by atoms with E-state index >= 15 is 0 Å². The summed E-state index contributed by atoms with van der Waals surface area (Å²) in [4.78, 5) is 26.9. The first-order valence-electron chi connectivity index (χ1n) is 12.8. The molecule has 0 saturated carbocycles. The smallest absolute Gasteiger partial charge is 0.416 e. The van der Waals surface area contributed by atoms with Crippen molar-refractivity contribution in [3.05, 3.63) is 48.0 Å². The number of H-pyrrole nitrogens is 1. The van der Waals surface area contributed by atoms with E-state index in [0.717, 1.165) is 17.0 Å². The van der Waals surface area contributed by atoms with Crippen molar-refractivity contribution in [3.63, 3.8) is 0 Å². The normalized spacial score (nSPS) is 14.4. The highest BCUT2D eigenvalue weighted by Crippen LogP contribution is 2.39. The lowest BCUT2D eigenvalue weighted by Gasteiger charge is -2.45. The number of carbonyl (C=O) groups excluding carboxylic acids is 1. The lowest BCUT2D eigenvalue weighted by molar-refractivity contribution is -0.137. The molecule has 1 aromatic carbocycles. The summed E-state index contributed by atoms with van der Waals surface area (Å²) in [5.74, 6) is -0.827. The Bertz CT molecular complexity index is 1260. The van der Waals surface area contributed by atoms with E-state index in [1.165, 1.54) is 24.4 Å². The average molecular weight is 567 g/mol. The molecule has 0 fully saturated rings. The fraction of sp³-hybridized carbons (Fsp3) is 0.500. The third kappa shape index (κ3) is 6.97. The SMILES string of the molecule is CCC[C@H](c1nnc(-c2ccc(C(F)(F)F)cc2)o1)N(C(=O)O)[C@H]([C@H](O)C(=O)Nc1ccn[nH]1)C(C)(C)CCC. The van der Waals surface area contributed by atoms with Gasteiger partial charge in [-0.25, -0.2) is 4.79 Å². The molecule has 0 spiro atoms. The van der Waals surface area contributed by atoms with E-state index < -0.39 is 47.3 Å². The third-order valence-electron chi connectivity index (χ3n) is 6.62. The maximum atomic E-state index is 13.1. The Hall–Kier alpha value is -3.94. The van der Waals surface area contributed by atoms with Crippen molar-refractivity contribution in [2.24, 2.45) is 5.41 Å². The largest absolute Gasteiger partial charge is 0.465 e. The van der Waals surface area contributed by atoms with Gasteiger partial charge in [0.15, 0.2) is 6.10 Å². The first-order valence-corrected chi connectivity index (χ1v) is 12.8. The number of aromatic nitrogens is 4. The predicted octanol–water partition coefficient (Wildman–Crippen LogP) is 5.49. The summed E-state index contributed by atoms with van der Waals surface area (Å²) in [6, 6.07) is 3.29. The molecule has 0 saturated heterocycles. The molecular weight excluding hydrogens is 533 g/mol. The van der Waals surface area contributed by atoms with Crippen LogP contribution in [0.3, 0.4) is 0 Å². The van der Waals surface area contributed by atoms with E-state index in [9.17, 15) is 33.0 Å². The monoisotopic (exact) mass is 566 g/mol. The van der Waals surface area contributed by atoms with Crippen LogP contribution in [-0.4, -0.2) is 59.7 Å². The number of carbonyl (C=O) groups is 2. The molecule has 0 aliphatic carbocycles. The van der Waals surface area contributed by atoms with Crippen LogP contribution in [0.25, 0.3) is 11.5 Å². The van der Waals surface area contributed by atoms with Gasteiger partial charge in [-0.3, -0.25) is 14.8 Å². The molecular formula is C26H33F3N6O5. The minimum absolute atomic E-state index is 0.0999. The third-order valence-corrected chi connectivity index (χ3v) is 6.62. The number of anilines is 1. The molecule has 40 heavy (non-hydrogen) atoms. The maximum absolute atomic E-state index is 13.1. The molecule has 4 N–H and O–H groups in total. The molecule has 0 aliphatic rings. The first kappa shape index (κ1) is 30.6. The number of aliphatic hydroxyl groups excluding tert-OH is 1. The van der Waals surface area contributed by atoms with Crippen LogP contribution in [0, 0.1) is 5.41 Å². The van der Waals surface area contributed by atoms with Gasteiger partial charge in [0.05, 0.1) is 17.8 Å². The molecule has 3 rings (SSSR count). The number of aromatic amines is 1. The zero-order chi connectivity index (χ0) is 29.7. The number of alkyl halides is 3. The minimum atomic E-state index is -4.52. The molecule has 2 heterocycles. The molecule has 0 aliphatic heterocycles. The maximum Gasteiger partial charge on any atom is 0.416 e. The Labute approximate surface area is 228 Å². The van der Waals surface area contributed by atoms with Crippen molar-refractivity contribution in [3.8, 4) is 11.5 Å². The average Bonchev–Trinajstić information content (AvgIpc) is 3.57. The fourth-order valence-electron chi connectivity index (χ4n) is 4.81. The van der Waals surface area contributed by atoms with E-state index in [0.29, 0.717) is 19.3 Å². The Morgan fingerprint density at radius 3 is 2.30 bits per heavy atom. The number of nitrogens with zero attached hydrogens (tertiary/aromatic N) is 4. The molecule has 0 unspecified atom stereocenters. The summed E-state index contributed by atoms with van der Waals surface area (Å²) in [6.07, 6.45) is -4.54. The van der Waals surface area contributed by atoms with Crippen LogP contribution in [-0.2, 0) is 11.0 Å². The van der Waals surface area contributed by atoms with Crippen LogP contribution in [0.1, 0.15) is 70.9 Å². The molecule has 14 heteroatoms. The molecule has 3 aromatic rings. The standard InChI is InChI=1S/C26H33F3N6O5/c1-5-7-17(23-34-33-22(40-23)15-8-10-16(11-9-15)26(27,28)29)35(24(38)39)20(25(3,4)13-6-2)19(36)21(37)31-18-12-14-30-32-18/h8-12,14,17,19-20,36H,5-7,13H2,1-4H3,(H,38,39)(H2,30,31,32,37)/t17-,19+,20-/m1/s1. The number of carboxylic acid groups (broad SMARTS) is 1. The van der Waals surface area contributed by atoms with Gasteiger partial charge in [0.25, 0.3) is 5.91 Å². The van der Waals surface area contributed by atoms with Crippen LogP contribution in [0.2, 0.25) is 0 Å². The first-order chi connectivity index (χ1) is 18.8. The zero-order valence-corrected chi connectivity index (χ0v) is 22.6. The number of hydrogen-bond acceptors (Lipinski definition) is 7. The quantitative estimate of drug-likeness (QED) is 0.224. The van der Waals surface area contributed by atoms with Crippen LogP contribution >= 0.6 is 0 Å². The molecule has 3 atom stereocenters. The van der Waals surface area contributed by atoms with Crippen LogP contribution in [0.4, 0.5) is 23.8 Å². The van der Waals surface area contributed by atoms with Gasteiger partial charge in [-0.2, -0.15) is 18.3 Å². The Morgan fingerprint density at radius 1 is 1.10 bits per heavy atom. The van der Waals surface area contributed by atoms with Gasteiger partial charge >= 0.3 is 12.3 Å². The van der Waals surface area contributed by atoms with Crippen molar-refractivity contribution in [1.29, 1.82) is 0 Å². The van der Waals surface area contributed by atoms with Crippen LogP contribution in [0.15, 0.2) is 40.9 Å². The Balaban J connectivity index is 2.02. The van der Waals surface area contributed by atoms with Gasteiger partial charge in [0, 0.05) is 11.6 Å². The van der Waals surface area contributed by atoms with Crippen molar-refractivity contribution in [2.75, 3.05) is 5.32 Å². The summed E-state index contributed by atoms with van der Waals surface area (Å²) in [7, 11) is 0. The number of halogens is 3. The van der Waals surface area contributed by atoms with Crippen LogP contribution < -0.4 is 5.32 Å². The van der Waals surface area contributed by atoms with Gasteiger partial charge in [0.1, 0.15) is 11.9 Å². The summed E-state index contributed by atoms with van der Waals surface area (Å²) in [6.45, 7) is 7.23. The second kappa shape index (κ2) is 12.5. The number of rotatable bonds is 12. The van der Waals surface area contributed by atoms with Crippen molar-refractivity contribution >= 4 is 17.8 Å². The van der Waals surface area contributed by atoms with Crippen molar-refractivity contribution < 1.29 is 37.4 Å². The number of amides is 2. The Kier molecular flexibility index (Phi) is 9.56. The van der Waals surface area contributed by atoms with E-state index in [-0.39, 0.29) is 29.6 Å². The molecule has 2 aromatic heterocycles. The summed E-state index contributed by atoms with van der Waals surface area (Å²) < 4.78 is 44.7. The summed E-state index contributed by atoms with van der Waals surface area (Å²) in [5, 5.41) is 38.5. The lowest BCUT2D eigenvalue weighted by atomic mass is 9.76. The minimum Gasteiger partial charge on any atom is -0.465 e. The number of benzene rings is 1. The lowest BCUT2D eigenvalue weighted by Crippen LogP contribution is -2.58. The second-order valence-electron chi connectivity index (χ2n) is 10.1. The van der Waals surface area contributed by atoms with Gasteiger partial charge in [-0.05, 0) is 42.5 Å². The highest BCUT2D eigenvalue weighted by Gasteiger charge is 2.48. The molecule has 2 amide bonds.